The molecule has 1 heterocycles. The number of hydrogen-bond donors (Lipinski definition) is 2. The van der Waals surface area contributed by atoms with Crippen molar-refractivity contribution in [2.24, 2.45) is 12.8 Å². The Balaban J connectivity index is 2.44. The summed E-state index contributed by atoms with van der Waals surface area (Å²) in [6, 6.07) is 1.97. The molecule has 4 nitrogen and oxygen atoms in total. The molecule has 0 aliphatic heterocycles. The highest BCUT2D eigenvalue weighted by molar-refractivity contribution is 5.00. The first-order valence-electron chi connectivity index (χ1n) is 4.94. The van der Waals surface area contributed by atoms with E-state index in [1.54, 1.807) is 6.20 Å². The summed E-state index contributed by atoms with van der Waals surface area (Å²) in [6.07, 6.45) is 3.98. The van der Waals surface area contributed by atoms with E-state index in [1.165, 1.54) is 0 Å². The van der Waals surface area contributed by atoms with E-state index in [0.717, 1.165) is 18.5 Å². The Bertz CT molecular complexity index is 281. The van der Waals surface area contributed by atoms with Crippen molar-refractivity contribution in [1.29, 1.82) is 0 Å². The van der Waals surface area contributed by atoms with Gasteiger partial charge in [-0.2, -0.15) is 5.10 Å². The van der Waals surface area contributed by atoms with Gasteiger partial charge in [0.05, 0.1) is 5.60 Å². The molecule has 0 spiro atoms. The first kappa shape index (κ1) is 11.2. The van der Waals surface area contributed by atoms with Gasteiger partial charge in [0.1, 0.15) is 0 Å². The maximum Gasteiger partial charge on any atom is 0.0635 e. The van der Waals surface area contributed by atoms with Crippen LogP contribution >= 0.6 is 0 Å². The highest BCUT2D eigenvalue weighted by Gasteiger charge is 2.19. The van der Waals surface area contributed by atoms with Crippen LogP contribution < -0.4 is 5.73 Å². The number of hydrogen-bond acceptors (Lipinski definition) is 3. The van der Waals surface area contributed by atoms with Crippen molar-refractivity contribution in [2.45, 2.75) is 31.8 Å². The molecule has 1 aromatic heterocycles. The van der Waals surface area contributed by atoms with Crippen molar-refractivity contribution >= 4 is 0 Å². The molecule has 0 radical (unpaired) electrons. The largest absolute Gasteiger partial charge is 0.390 e. The zero-order valence-corrected chi connectivity index (χ0v) is 8.90. The van der Waals surface area contributed by atoms with Gasteiger partial charge in [0.15, 0.2) is 0 Å². The van der Waals surface area contributed by atoms with Crippen LogP contribution in [0, 0.1) is 0 Å². The number of aryl methyl sites for hydroxylation is 2. The number of aromatic nitrogens is 2. The van der Waals surface area contributed by atoms with E-state index in [-0.39, 0.29) is 0 Å². The number of rotatable bonds is 5. The first-order chi connectivity index (χ1) is 6.55. The molecule has 0 aliphatic rings. The molecule has 1 aromatic rings. The third-order valence-corrected chi connectivity index (χ3v) is 2.53. The standard InChI is InChI=1S/C10H19N3O/c1-10(14,6-7-11)5-3-9-4-8-12-13(9)2/h4,8,14H,3,5-7,11H2,1-2H3. The van der Waals surface area contributed by atoms with Crippen molar-refractivity contribution in [3.8, 4) is 0 Å². The van der Waals surface area contributed by atoms with Crippen LogP contribution in [-0.4, -0.2) is 27.0 Å². The molecular weight excluding hydrogens is 178 g/mol. The van der Waals surface area contributed by atoms with E-state index >= 15 is 0 Å². The van der Waals surface area contributed by atoms with Crippen molar-refractivity contribution in [1.82, 2.24) is 9.78 Å². The Hall–Kier alpha value is -0.870. The van der Waals surface area contributed by atoms with Crippen molar-refractivity contribution < 1.29 is 5.11 Å². The van der Waals surface area contributed by atoms with Crippen LogP contribution in [0.25, 0.3) is 0 Å². The molecule has 0 amide bonds. The quantitative estimate of drug-likeness (QED) is 0.720. The van der Waals surface area contributed by atoms with Gasteiger partial charge >= 0.3 is 0 Å². The van der Waals surface area contributed by atoms with Crippen LogP contribution in [0.1, 0.15) is 25.5 Å². The van der Waals surface area contributed by atoms with Gasteiger partial charge in [-0.3, -0.25) is 4.68 Å². The third kappa shape index (κ3) is 3.12. The zero-order valence-electron chi connectivity index (χ0n) is 8.90. The van der Waals surface area contributed by atoms with Gasteiger partial charge in [0, 0.05) is 18.9 Å². The topological polar surface area (TPSA) is 64.1 Å². The molecule has 1 unspecified atom stereocenters. The first-order valence-corrected chi connectivity index (χ1v) is 4.94. The Kier molecular flexibility index (Phi) is 3.66. The van der Waals surface area contributed by atoms with E-state index < -0.39 is 5.60 Å². The fourth-order valence-electron chi connectivity index (χ4n) is 1.48. The monoisotopic (exact) mass is 197 g/mol. The summed E-state index contributed by atoms with van der Waals surface area (Å²) in [5.74, 6) is 0. The van der Waals surface area contributed by atoms with Gasteiger partial charge in [-0.25, -0.2) is 0 Å². The fraction of sp³-hybridized carbons (Fsp3) is 0.700. The summed E-state index contributed by atoms with van der Waals surface area (Å²) < 4.78 is 1.83. The third-order valence-electron chi connectivity index (χ3n) is 2.53. The van der Waals surface area contributed by atoms with Gasteiger partial charge in [-0.1, -0.05) is 0 Å². The minimum absolute atomic E-state index is 0.526. The summed E-state index contributed by atoms with van der Waals surface area (Å²) >= 11 is 0. The van der Waals surface area contributed by atoms with Gasteiger partial charge in [0.25, 0.3) is 0 Å². The van der Waals surface area contributed by atoms with Gasteiger partial charge in [-0.05, 0) is 38.8 Å². The molecule has 0 fully saturated rings. The molecule has 4 heteroatoms. The molecule has 1 atom stereocenters. The van der Waals surface area contributed by atoms with Crippen LogP contribution in [0.15, 0.2) is 12.3 Å². The lowest BCUT2D eigenvalue weighted by molar-refractivity contribution is 0.0444. The van der Waals surface area contributed by atoms with E-state index in [9.17, 15) is 5.11 Å². The smallest absolute Gasteiger partial charge is 0.0635 e. The summed E-state index contributed by atoms with van der Waals surface area (Å²) in [7, 11) is 1.91. The predicted octanol–water partition coefficient (Wildman–Crippen LogP) is 0.453. The maximum absolute atomic E-state index is 9.89. The number of aliphatic hydroxyl groups is 1. The van der Waals surface area contributed by atoms with E-state index in [4.69, 9.17) is 5.73 Å². The summed E-state index contributed by atoms with van der Waals surface area (Å²) in [4.78, 5) is 0. The molecule has 0 saturated carbocycles. The lowest BCUT2D eigenvalue weighted by atomic mass is 9.95. The molecule has 14 heavy (non-hydrogen) atoms. The number of nitrogens with zero attached hydrogens (tertiary/aromatic N) is 2. The fourth-order valence-corrected chi connectivity index (χ4v) is 1.48. The summed E-state index contributed by atoms with van der Waals surface area (Å²) in [6.45, 7) is 2.36. The summed E-state index contributed by atoms with van der Waals surface area (Å²) in [5.41, 5.74) is 5.90. The molecule has 1 rings (SSSR count). The molecule has 80 valence electrons. The Labute approximate surface area is 84.7 Å². The second-order valence-electron chi connectivity index (χ2n) is 3.98. The van der Waals surface area contributed by atoms with E-state index in [1.807, 2.05) is 24.7 Å². The molecular formula is C10H19N3O. The second kappa shape index (κ2) is 4.57. The van der Waals surface area contributed by atoms with Gasteiger partial charge in [0.2, 0.25) is 0 Å². The van der Waals surface area contributed by atoms with Crippen LogP contribution in [0.2, 0.25) is 0 Å². The Morgan fingerprint density at radius 2 is 2.29 bits per heavy atom. The minimum atomic E-state index is -0.654. The maximum atomic E-state index is 9.89. The van der Waals surface area contributed by atoms with Crippen molar-refractivity contribution in [3.05, 3.63) is 18.0 Å². The lowest BCUT2D eigenvalue weighted by Crippen LogP contribution is -2.28. The molecule has 0 aromatic carbocycles. The average molecular weight is 197 g/mol. The van der Waals surface area contributed by atoms with Crippen LogP contribution in [0.4, 0.5) is 0 Å². The molecule has 0 aliphatic carbocycles. The van der Waals surface area contributed by atoms with Crippen LogP contribution in [-0.2, 0) is 13.5 Å². The summed E-state index contributed by atoms with van der Waals surface area (Å²) in [5, 5.41) is 14.0. The normalized spacial score (nSPS) is 15.4. The molecule has 3 N–H and O–H groups in total. The van der Waals surface area contributed by atoms with Gasteiger partial charge < -0.3 is 10.8 Å². The lowest BCUT2D eigenvalue weighted by Gasteiger charge is -2.22. The minimum Gasteiger partial charge on any atom is -0.390 e. The highest BCUT2D eigenvalue weighted by atomic mass is 16.3. The van der Waals surface area contributed by atoms with Crippen molar-refractivity contribution in [3.63, 3.8) is 0 Å². The van der Waals surface area contributed by atoms with E-state index in [0.29, 0.717) is 13.0 Å². The Morgan fingerprint density at radius 1 is 1.57 bits per heavy atom. The SMILES string of the molecule is Cn1nccc1CCC(C)(O)CCN. The van der Waals surface area contributed by atoms with Gasteiger partial charge in [-0.15, -0.1) is 0 Å². The zero-order chi connectivity index (χ0) is 10.6. The van der Waals surface area contributed by atoms with Crippen LogP contribution in [0.3, 0.4) is 0 Å². The predicted molar refractivity (Wildman–Crippen MR) is 55.8 cm³/mol. The number of nitrogens with two attached hydrogens (primary N) is 1. The second-order valence-corrected chi connectivity index (χ2v) is 3.98. The molecule has 0 saturated heterocycles. The highest BCUT2D eigenvalue weighted by Crippen LogP contribution is 2.16. The molecule has 0 bridgehead atoms. The Morgan fingerprint density at radius 3 is 2.79 bits per heavy atom. The van der Waals surface area contributed by atoms with Crippen LogP contribution in [0.5, 0.6) is 0 Å². The average Bonchev–Trinajstić information content (AvgIpc) is 2.48. The van der Waals surface area contributed by atoms with E-state index in [2.05, 4.69) is 5.10 Å². The van der Waals surface area contributed by atoms with Crippen molar-refractivity contribution in [2.75, 3.05) is 6.54 Å².